The molecule has 0 unspecified atom stereocenters. The van der Waals surface area contributed by atoms with Gasteiger partial charge in [-0.3, -0.25) is 13.9 Å². The number of hydrogen-bond donors (Lipinski definition) is 1. The number of carbonyl (C=O) groups excluding carboxylic acids is 2. The Morgan fingerprint density at radius 1 is 0.857 bits per heavy atom. The third kappa shape index (κ3) is 9.35. The highest BCUT2D eigenvalue weighted by molar-refractivity contribution is 7.92. The van der Waals surface area contributed by atoms with Gasteiger partial charge in [-0.25, -0.2) is 8.42 Å². The van der Waals surface area contributed by atoms with E-state index in [2.05, 4.69) is 5.32 Å². The zero-order valence-electron chi connectivity index (χ0n) is 27.4. The van der Waals surface area contributed by atoms with Crippen LogP contribution in [0.1, 0.15) is 50.2 Å². The molecule has 1 aliphatic rings. The number of carbonyl (C=O) groups is 2. The van der Waals surface area contributed by atoms with Crippen molar-refractivity contribution in [3.05, 3.63) is 124 Å². The van der Waals surface area contributed by atoms with Crippen LogP contribution in [0.15, 0.2) is 108 Å². The van der Waals surface area contributed by atoms with Gasteiger partial charge in [0.2, 0.25) is 11.8 Å². The first-order valence-corrected chi connectivity index (χ1v) is 18.7. The van der Waals surface area contributed by atoms with Gasteiger partial charge in [-0.15, -0.1) is 0 Å². The van der Waals surface area contributed by atoms with Crippen molar-refractivity contribution >= 4 is 50.7 Å². The van der Waals surface area contributed by atoms with Gasteiger partial charge in [0, 0.05) is 29.1 Å². The summed E-state index contributed by atoms with van der Waals surface area (Å²) in [4.78, 5) is 30.5. The topological polar surface area (TPSA) is 96.0 Å². The first-order chi connectivity index (χ1) is 23.7. The second kappa shape index (κ2) is 17.1. The molecule has 0 heterocycles. The summed E-state index contributed by atoms with van der Waals surface area (Å²) in [5.41, 5.74) is 1.68. The maximum atomic E-state index is 14.8. The fourth-order valence-electron chi connectivity index (χ4n) is 6.10. The Morgan fingerprint density at radius 2 is 1.51 bits per heavy atom. The molecule has 49 heavy (non-hydrogen) atoms. The van der Waals surface area contributed by atoms with Crippen molar-refractivity contribution in [2.45, 2.75) is 69.0 Å². The Morgan fingerprint density at radius 3 is 2.20 bits per heavy atom. The number of nitrogens with one attached hydrogen (secondary N) is 1. The van der Waals surface area contributed by atoms with Crippen LogP contribution in [-0.4, -0.2) is 50.4 Å². The van der Waals surface area contributed by atoms with Gasteiger partial charge >= 0.3 is 0 Å². The number of sulfonamides is 1. The molecule has 0 saturated heterocycles. The highest BCUT2D eigenvalue weighted by Crippen LogP contribution is 2.33. The zero-order chi connectivity index (χ0) is 34.8. The lowest BCUT2D eigenvalue weighted by Crippen LogP contribution is -2.55. The number of halogens is 2. The van der Waals surface area contributed by atoms with Crippen LogP contribution in [-0.2, 0) is 32.6 Å². The molecule has 0 aromatic heterocycles. The van der Waals surface area contributed by atoms with E-state index in [1.54, 1.807) is 49.4 Å². The molecule has 2 amide bonds. The first kappa shape index (κ1) is 36.2. The number of amides is 2. The highest BCUT2D eigenvalue weighted by atomic mass is 35.5. The molecule has 1 saturated carbocycles. The van der Waals surface area contributed by atoms with Crippen LogP contribution in [0.2, 0.25) is 10.0 Å². The van der Waals surface area contributed by atoms with E-state index in [4.69, 9.17) is 27.9 Å². The molecule has 5 rings (SSSR count). The molecule has 11 heteroatoms. The summed E-state index contributed by atoms with van der Waals surface area (Å²) >= 11 is 12.7. The summed E-state index contributed by atoms with van der Waals surface area (Å²) in [6.07, 6.45) is 5.11. The fraction of sp³-hybridized carbons (Fsp3) is 0.316. The van der Waals surface area contributed by atoms with Gasteiger partial charge in [0.25, 0.3) is 10.0 Å². The fourth-order valence-corrected chi connectivity index (χ4v) is 7.84. The molecule has 4 aromatic carbocycles. The number of ether oxygens (including phenoxy) is 1. The molecular formula is C38H41Cl2N3O5S. The molecule has 258 valence electrons. The summed E-state index contributed by atoms with van der Waals surface area (Å²) < 4.78 is 35.6. The van der Waals surface area contributed by atoms with Crippen LogP contribution in [0.5, 0.6) is 5.75 Å². The SMILES string of the molecule is CCOc1ccccc1N(CC(=O)N(Cc1ccccc1Cl)[C@H](Cc1ccccc1)C(=O)NC1CCCCC1)S(=O)(=O)c1ccc(Cl)cc1. The molecule has 8 nitrogen and oxygen atoms in total. The van der Waals surface area contributed by atoms with Gasteiger partial charge in [0.15, 0.2) is 0 Å². The van der Waals surface area contributed by atoms with E-state index in [1.807, 2.05) is 36.4 Å². The largest absolute Gasteiger partial charge is 0.492 e. The minimum Gasteiger partial charge on any atom is -0.492 e. The Bertz CT molecular complexity index is 1820. The minimum absolute atomic E-state index is 0.00311. The standard InChI is InChI=1S/C38H41Cl2N3O5S/c1-2-48-36-20-12-11-19-34(36)43(49(46,47)32-23-21-30(39)22-24-32)27-37(44)42(26-29-15-9-10-18-33(29)40)35(25-28-13-5-3-6-14-28)38(45)41-31-16-7-4-8-17-31/h3,5-6,9-15,18-24,31,35H,2,4,7-8,16-17,25-27H2,1H3,(H,41,45)/t35-/m1/s1. The highest BCUT2D eigenvalue weighted by Gasteiger charge is 2.36. The van der Waals surface area contributed by atoms with Gasteiger partial charge in [0.1, 0.15) is 18.3 Å². The summed E-state index contributed by atoms with van der Waals surface area (Å²) in [5, 5.41) is 4.02. The van der Waals surface area contributed by atoms with Crippen molar-refractivity contribution in [2.75, 3.05) is 17.5 Å². The van der Waals surface area contributed by atoms with Gasteiger partial charge in [-0.1, -0.05) is 103 Å². The molecule has 4 aromatic rings. The van der Waals surface area contributed by atoms with Crippen molar-refractivity contribution in [3.63, 3.8) is 0 Å². The normalized spacial score (nSPS) is 14.1. The van der Waals surface area contributed by atoms with E-state index in [0.29, 0.717) is 21.4 Å². The molecule has 1 atom stereocenters. The Hall–Kier alpha value is -4.05. The molecule has 0 aliphatic heterocycles. The quantitative estimate of drug-likeness (QED) is 0.144. The lowest BCUT2D eigenvalue weighted by atomic mass is 9.94. The van der Waals surface area contributed by atoms with Crippen LogP contribution in [0.25, 0.3) is 0 Å². The molecule has 1 aliphatic carbocycles. The van der Waals surface area contributed by atoms with E-state index in [9.17, 15) is 18.0 Å². The summed E-state index contributed by atoms with van der Waals surface area (Å²) in [6, 6.07) is 28.1. The van der Waals surface area contributed by atoms with Gasteiger partial charge in [-0.05, 0) is 73.4 Å². The molecular weight excluding hydrogens is 681 g/mol. The number of rotatable bonds is 14. The molecule has 0 radical (unpaired) electrons. The zero-order valence-corrected chi connectivity index (χ0v) is 29.8. The smallest absolute Gasteiger partial charge is 0.264 e. The third-order valence-electron chi connectivity index (χ3n) is 8.64. The van der Waals surface area contributed by atoms with E-state index in [0.717, 1.165) is 42.0 Å². The Kier molecular flexibility index (Phi) is 12.6. The predicted octanol–water partition coefficient (Wildman–Crippen LogP) is 7.68. The number of para-hydroxylation sites is 2. The summed E-state index contributed by atoms with van der Waals surface area (Å²) in [7, 11) is -4.33. The van der Waals surface area contributed by atoms with Crippen LogP contribution in [0.4, 0.5) is 5.69 Å². The lowest BCUT2D eigenvalue weighted by Gasteiger charge is -2.35. The van der Waals surface area contributed by atoms with Crippen LogP contribution in [0.3, 0.4) is 0 Å². The predicted molar refractivity (Wildman–Crippen MR) is 195 cm³/mol. The monoisotopic (exact) mass is 721 g/mol. The van der Waals surface area contributed by atoms with Crippen molar-refractivity contribution in [1.29, 1.82) is 0 Å². The molecule has 1 fully saturated rings. The van der Waals surface area contributed by atoms with Crippen molar-refractivity contribution < 1.29 is 22.7 Å². The van der Waals surface area contributed by atoms with Gasteiger partial charge in [-0.2, -0.15) is 0 Å². The minimum atomic E-state index is -4.33. The van der Waals surface area contributed by atoms with Crippen LogP contribution < -0.4 is 14.4 Å². The maximum Gasteiger partial charge on any atom is 0.264 e. The van der Waals surface area contributed by atoms with Gasteiger partial charge in [0.05, 0.1) is 17.2 Å². The number of anilines is 1. The van der Waals surface area contributed by atoms with E-state index >= 15 is 0 Å². The second-order valence-electron chi connectivity index (χ2n) is 12.0. The van der Waals surface area contributed by atoms with Crippen molar-refractivity contribution in [3.8, 4) is 5.75 Å². The van der Waals surface area contributed by atoms with E-state index < -0.39 is 28.5 Å². The number of nitrogens with zero attached hydrogens (tertiary/aromatic N) is 2. The first-order valence-electron chi connectivity index (χ1n) is 16.5. The number of benzene rings is 4. The average molecular weight is 723 g/mol. The second-order valence-corrected chi connectivity index (χ2v) is 14.7. The lowest BCUT2D eigenvalue weighted by molar-refractivity contribution is -0.140. The van der Waals surface area contributed by atoms with Gasteiger partial charge < -0.3 is 15.0 Å². The van der Waals surface area contributed by atoms with Crippen molar-refractivity contribution in [1.82, 2.24) is 10.2 Å². The van der Waals surface area contributed by atoms with E-state index in [1.165, 1.54) is 29.2 Å². The molecule has 0 spiro atoms. The Balaban J connectivity index is 1.60. The average Bonchev–Trinajstić information content (AvgIpc) is 3.11. The summed E-state index contributed by atoms with van der Waals surface area (Å²) in [6.45, 7) is 1.45. The van der Waals surface area contributed by atoms with E-state index in [-0.39, 0.29) is 42.1 Å². The maximum absolute atomic E-state index is 14.8. The van der Waals surface area contributed by atoms with Crippen LogP contribution in [0, 0.1) is 0 Å². The van der Waals surface area contributed by atoms with Crippen LogP contribution >= 0.6 is 23.2 Å². The van der Waals surface area contributed by atoms with Crippen molar-refractivity contribution in [2.24, 2.45) is 0 Å². The molecule has 0 bridgehead atoms. The number of hydrogen-bond acceptors (Lipinski definition) is 5. The summed E-state index contributed by atoms with van der Waals surface area (Å²) in [5.74, 6) is -0.578. The molecule has 1 N–H and O–H groups in total. The third-order valence-corrected chi connectivity index (χ3v) is 11.0. The Labute approximate surface area is 299 Å².